The van der Waals surface area contributed by atoms with Gasteiger partial charge in [-0.1, -0.05) is 25.8 Å². The van der Waals surface area contributed by atoms with Crippen LogP contribution < -0.4 is 5.32 Å². The zero-order valence-corrected chi connectivity index (χ0v) is 17.6. The van der Waals surface area contributed by atoms with Gasteiger partial charge >= 0.3 is 0 Å². The molecule has 9 heteroatoms. The first-order valence-electron chi connectivity index (χ1n) is 9.89. The average molecular weight is 418 g/mol. The van der Waals surface area contributed by atoms with Crippen molar-refractivity contribution in [1.82, 2.24) is 15.1 Å². The first kappa shape index (κ1) is 21.0. The summed E-state index contributed by atoms with van der Waals surface area (Å²) in [6, 6.07) is 7.84. The molecule has 29 heavy (non-hydrogen) atoms. The van der Waals surface area contributed by atoms with Gasteiger partial charge in [0, 0.05) is 31.4 Å². The predicted octanol–water partition coefficient (Wildman–Crippen LogP) is 3.21. The van der Waals surface area contributed by atoms with Crippen molar-refractivity contribution in [3.63, 3.8) is 0 Å². The van der Waals surface area contributed by atoms with E-state index < -0.39 is 15.9 Å². The van der Waals surface area contributed by atoms with E-state index in [9.17, 15) is 13.2 Å². The number of nitrogens with one attached hydrogen (secondary N) is 2. The average Bonchev–Trinajstić information content (AvgIpc) is 3.07. The fraction of sp³-hybridized carbons (Fsp3) is 0.450. The van der Waals surface area contributed by atoms with Crippen LogP contribution in [-0.4, -0.2) is 48.9 Å². The van der Waals surface area contributed by atoms with Gasteiger partial charge in [0.15, 0.2) is 5.69 Å². The second kappa shape index (κ2) is 9.21. The van der Waals surface area contributed by atoms with E-state index >= 15 is 0 Å². The molecule has 0 saturated carbocycles. The Morgan fingerprint density at radius 3 is 2.90 bits per heavy atom. The van der Waals surface area contributed by atoms with E-state index in [-0.39, 0.29) is 10.6 Å². The number of amidine groups is 1. The van der Waals surface area contributed by atoms with Crippen molar-refractivity contribution < 1.29 is 13.2 Å². The molecule has 3 rings (SSSR count). The number of aromatic nitrogens is 2. The fourth-order valence-electron chi connectivity index (χ4n) is 3.24. The van der Waals surface area contributed by atoms with Crippen LogP contribution in [0, 0.1) is 0 Å². The quantitative estimate of drug-likeness (QED) is 0.750. The zero-order chi connectivity index (χ0) is 20.9. The van der Waals surface area contributed by atoms with Crippen LogP contribution in [-0.2, 0) is 16.4 Å². The molecule has 1 aliphatic heterocycles. The number of aryl methyl sites for hydroxylation is 1. The van der Waals surface area contributed by atoms with Crippen LogP contribution >= 0.6 is 0 Å². The van der Waals surface area contributed by atoms with Crippen molar-refractivity contribution in [2.75, 3.05) is 18.9 Å². The molecule has 1 amide bonds. The van der Waals surface area contributed by atoms with Crippen LogP contribution in [0.2, 0.25) is 0 Å². The smallest absolute Gasteiger partial charge is 0.284 e. The first-order chi connectivity index (χ1) is 13.9. The van der Waals surface area contributed by atoms with Gasteiger partial charge in [-0.05, 0) is 43.5 Å². The largest absolute Gasteiger partial charge is 0.362 e. The lowest BCUT2D eigenvalue weighted by molar-refractivity contribution is 0.102. The minimum absolute atomic E-state index is 0.0501. The van der Waals surface area contributed by atoms with Crippen molar-refractivity contribution in [3.8, 4) is 0 Å². The van der Waals surface area contributed by atoms with Crippen LogP contribution in [0.5, 0.6) is 0 Å². The molecule has 0 aliphatic carbocycles. The topological polar surface area (TPSA) is 108 Å². The number of aromatic amines is 1. The van der Waals surface area contributed by atoms with Crippen molar-refractivity contribution in [2.24, 2.45) is 4.40 Å². The van der Waals surface area contributed by atoms with Crippen LogP contribution in [0.1, 0.15) is 55.2 Å². The third-order valence-corrected chi connectivity index (χ3v) is 6.13. The molecule has 8 nitrogen and oxygen atoms in total. The lowest BCUT2D eigenvalue weighted by atomic mass is 10.2. The predicted molar refractivity (Wildman–Crippen MR) is 113 cm³/mol. The molecule has 0 bridgehead atoms. The standard InChI is InChI=1S/C20H27N5O3S/c1-3-8-16-14-18(23-22-16)20(26)21-15-9-7-10-17(13-15)29(27,28)24-19-11-5-4-6-12-25(19)2/h7,9-10,13-14H,3-6,8,11-12H2,1-2H3,(H,21,26)(H,22,23)/b24-19-. The maximum Gasteiger partial charge on any atom is 0.284 e. The Morgan fingerprint density at radius 1 is 1.28 bits per heavy atom. The molecule has 0 unspecified atom stereocenters. The number of anilines is 1. The summed E-state index contributed by atoms with van der Waals surface area (Å²) in [7, 11) is -1.99. The van der Waals surface area contributed by atoms with E-state index in [1.165, 1.54) is 12.1 Å². The number of carbonyl (C=O) groups is 1. The molecule has 156 valence electrons. The third kappa shape index (κ3) is 5.44. The number of rotatable bonds is 6. The summed E-state index contributed by atoms with van der Waals surface area (Å²) in [5.41, 5.74) is 1.53. The Hall–Kier alpha value is -2.68. The number of H-pyrrole nitrogens is 1. The van der Waals surface area contributed by atoms with E-state index in [1.54, 1.807) is 18.2 Å². The number of likely N-dealkylation sites (tertiary alicyclic amines) is 1. The molecule has 0 atom stereocenters. The second-order valence-electron chi connectivity index (χ2n) is 7.23. The van der Waals surface area contributed by atoms with Crippen LogP contribution in [0.25, 0.3) is 0 Å². The number of benzene rings is 1. The van der Waals surface area contributed by atoms with Crippen LogP contribution in [0.4, 0.5) is 5.69 Å². The summed E-state index contributed by atoms with van der Waals surface area (Å²) >= 11 is 0. The lowest BCUT2D eigenvalue weighted by Gasteiger charge is -2.17. The number of nitrogens with zero attached hydrogens (tertiary/aromatic N) is 3. The number of sulfonamides is 1. The van der Waals surface area contributed by atoms with Gasteiger partial charge in [0.25, 0.3) is 15.9 Å². The minimum Gasteiger partial charge on any atom is -0.362 e. The van der Waals surface area contributed by atoms with Gasteiger partial charge in [0.05, 0.1) is 4.90 Å². The molecule has 0 radical (unpaired) electrons. The van der Waals surface area contributed by atoms with Gasteiger partial charge in [-0.25, -0.2) is 0 Å². The SMILES string of the molecule is CCCc1cc(C(=O)Nc2cccc(S(=O)(=O)/N=C3/CCCCCN3C)c2)n[nH]1. The Morgan fingerprint density at radius 2 is 2.10 bits per heavy atom. The van der Waals surface area contributed by atoms with Crippen molar-refractivity contribution in [1.29, 1.82) is 0 Å². The van der Waals surface area contributed by atoms with Gasteiger partial charge in [-0.3, -0.25) is 9.89 Å². The summed E-state index contributed by atoms with van der Waals surface area (Å²) in [6.07, 6.45) is 5.43. The molecule has 1 aromatic heterocycles. The van der Waals surface area contributed by atoms with Crippen LogP contribution in [0.15, 0.2) is 39.6 Å². The molecule has 1 aromatic carbocycles. The second-order valence-corrected chi connectivity index (χ2v) is 8.83. The molecule has 2 heterocycles. The molecule has 2 N–H and O–H groups in total. The van der Waals surface area contributed by atoms with Gasteiger partial charge < -0.3 is 10.2 Å². The molecular formula is C20H27N5O3S. The molecule has 0 spiro atoms. The highest BCUT2D eigenvalue weighted by atomic mass is 32.2. The number of hydrogen-bond acceptors (Lipinski definition) is 4. The minimum atomic E-state index is -3.86. The number of hydrogen-bond donors (Lipinski definition) is 2. The fourth-order valence-corrected chi connectivity index (χ4v) is 4.38. The molecule has 1 saturated heterocycles. The van der Waals surface area contributed by atoms with Gasteiger partial charge in [0.2, 0.25) is 0 Å². The van der Waals surface area contributed by atoms with Gasteiger partial charge in [-0.15, -0.1) is 4.40 Å². The highest BCUT2D eigenvalue weighted by molar-refractivity contribution is 7.90. The van der Waals surface area contributed by atoms with Gasteiger partial charge in [-0.2, -0.15) is 13.5 Å². The summed E-state index contributed by atoms with van der Waals surface area (Å²) in [5, 5.41) is 9.55. The Balaban J connectivity index is 1.78. The van der Waals surface area contributed by atoms with Crippen molar-refractivity contribution in [2.45, 2.75) is 50.3 Å². The first-order valence-corrected chi connectivity index (χ1v) is 11.3. The highest BCUT2D eigenvalue weighted by Crippen LogP contribution is 2.20. The molecular weight excluding hydrogens is 390 g/mol. The Kier molecular flexibility index (Phi) is 6.68. The number of carbonyl (C=O) groups excluding carboxylic acids is 1. The van der Waals surface area contributed by atoms with Crippen molar-refractivity contribution in [3.05, 3.63) is 41.7 Å². The summed E-state index contributed by atoms with van der Waals surface area (Å²) in [4.78, 5) is 14.4. The molecule has 2 aromatic rings. The Bertz CT molecular complexity index is 997. The lowest BCUT2D eigenvalue weighted by Crippen LogP contribution is -2.26. The van der Waals surface area contributed by atoms with Crippen molar-refractivity contribution >= 4 is 27.5 Å². The normalized spacial score (nSPS) is 16.6. The molecule has 1 aliphatic rings. The third-order valence-electron chi connectivity index (χ3n) is 4.83. The number of amides is 1. The van der Waals surface area contributed by atoms with Crippen LogP contribution in [0.3, 0.4) is 0 Å². The van der Waals surface area contributed by atoms with E-state index in [0.717, 1.165) is 44.3 Å². The van der Waals surface area contributed by atoms with Gasteiger partial charge in [0.1, 0.15) is 5.84 Å². The summed E-state index contributed by atoms with van der Waals surface area (Å²) in [5.74, 6) is 0.185. The zero-order valence-electron chi connectivity index (χ0n) is 16.8. The van der Waals surface area contributed by atoms with E-state index in [4.69, 9.17) is 0 Å². The van der Waals surface area contributed by atoms with E-state index in [1.807, 2.05) is 18.9 Å². The van der Waals surface area contributed by atoms with E-state index in [0.29, 0.717) is 17.9 Å². The Labute approximate surface area is 171 Å². The molecule has 1 fully saturated rings. The monoisotopic (exact) mass is 417 g/mol. The maximum atomic E-state index is 12.8. The summed E-state index contributed by atoms with van der Waals surface area (Å²) in [6.45, 7) is 2.84. The maximum absolute atomic E-state index is 12.8. The summed E-state index contributed by atoms with van der Waals surface area (Å²) < 4.78 is 29.7. The highest BCUT2D eigenvalue weighted by Gasteiger charge is 2.19. The van der Waals surface area contributed by atoms with E-state index in [2.05, 4.69) is 19.9 Å².